The van der Waals surface area contributed by atoms with Gasteiger partial charge in [0.25, 0.3) is 5.91 Å². The first-order valence-corrected chi connectivity index (χ1v) is 11.6. The third-order valence-electron chi connectivity index (χ3n) is 6.68. The number of piperidine rings is 1. The number of amides is 1. The van der Waals surface area contributed by atoms with Gasteiger partial charge in [-0.3, -0.25) is 4.79 Å². The topological polar surface area (TPSA) is 61.8 Å². The van der Waals surface area contributed by atoms with E-state index < -0.39 is 0 Å². The molecule has 2 fully saturated rings. The van der Waals surface area contributed by atoms with E-state index in [1.807, 2.05) is 29.2 Å². The van der Waals surface area contributed by atoms with Gasteiger partial charge in [-0.1, -0.05) is 6.07 Å². The Labute approximate surface area is 184 Å². The summed E-state index contributed by atoms with van der Waals surface area (Å²) in [5.41, 5.74) is 2.91. The molecule has 3 aliphatic heterocycles. The largest absolute Gasteiger partial charge is 0.497 e. The number of carbonyl (C=O) groups is 1. The van der Waals surface area contributed by atoms with Crippen LogP contribution in [-0.2, 0) is 13.0 Å². The number of fused-ring (bicyclic) bond motifs is 1. The van der Waals surface area contributed by atoms with Crippen LogP contribution in [0.4, 0.5) is 11.8 Å². The van der Waals surface area contributed by atoms with Crippen LogP contribution < -0.4 is 14.5 Å². The molecule has 0 radical (unpaired) electrons. The Balaban J connectivity index is 1.45. The molecule has 4 heterocycles. The van der Waals surface area contributed by atoms with Gasteiger partial charge in [0, 0.05) is 50.3 Å². The van der Waals surface area contributed by atoms with Crippen LogP contribution in [0.2, 0.25) is 0 Å². The molecule has 3 aliphatic rings. The molecule has 0 atom stereocenters. The van der Waals surface area contributed by atoms with E-state index in [1.165, 1.54) is 32.1 Å². The van der Waals surface area contributed by atoms with Crippen molar-refractivity contribution in [2.75, 3.05) is 49.6 Å². The van der Waals surface area contributed by atoms with E-state index in [0.717, 1.165) is 55.6 Å². The van der Waals surface area contributed by atoms with Crippen molar-refractivity contribution in [2.24, 2.45) is 0 Å². The Hall–Kier alpha value is -2.83. The molecule has 5 rings (SSSR count). The number of aromatic nitrogens is 2. The molecule has 7 nitrogen and oxygen atoms in total. The van der Waals surface area contributed by atoms with Gasteiger partial charge in [0.15, 0.2) is 0 Å². The Bertz CT molecular complexity index is 951. The van der Waals surface area contributed by atoms with Crippen molar-refractivity contribution in [3.8, 4) is 5.75 Å². The molecule has 1 amide bonds. The van der Waals surface area contributed by atoms with Crippen LogP contribution in [0.3, 0.4) is 0 Å². The number of hydrogen-bond acceptors (Lipinski definition) is 6. The van der Waals surface area contributed by atoms with Gasteiger partial charge in [0.1, 0.15) is 11.6 Å². The first-order chi connectivity index (χ1) is 15.2. The van der Waals surface area contributed by atoms with Crippen LogP contribution in [0, 0.1) is 0 Å². The number of benzene rings is 1. The van der Waals surface area contributed by atoms with E-state index in [1.54, 1.807) is 7.11 Å². The number of anilines is 2. The number of nitrogens with zero attached hydrogens (tertiary/aromatic N) is 5. The Morgan fingerprint density at radius 3 is 2.45 bits per heavy atom. The molecule has 1 aromatic heterocycles. The van der Waals surface area contributed by atoms with Crippen LogP contribution in [0.5, 0.6) is 5.75 Å². The number of hydrogen-bond donors (Lipinski definition) is 0. The summed E-state index contributed by atoms with van der Waals surface area (Å²) < 4.78 is 5.30. The fraction of sp³-hybridized carbons (Fsp3) is 0.542. The van der Waals surface area contributed by atoms with E-state index in [4.69, 9.17) is 14.7 Å². The molecule has 0 N–H and O–H groups in total. The summed E-state index contributed by atoms with van der Waals surface area (Å²) >= 11 is 0. The van der Waals surface area contributed by atoms with Gasteiger partial charge in [0.05, 0.1) is 19.3 Å². The number of carbonyl (C=O) groups excluding carboxylic acids is 1. The Kier molecular flexibility index (Phi) is 5.66. The van der Waals surface area contributed by atoms with Crippen molar-refractivity contribution in [3.63, 3.8) is 0 Å². The van der Waals surface area contributed by atoms with Crippen molar-refractivity contribution in [3.05, 3.63) is 41.1 Å². The minimum atomic E-state index is 0.0389. The zero-order valence-electron chi connectivity index (χ0n) is 18.3. The maximum atomic E-state index is 13.2. The van der Waals surface area contributed by atoms with Gasteiger partial charge in [0.2, 0.25) is 5.95 Å². The average Bonchev–Trinajstić information content (AvgIpc) is 3.38. The zero-order chi connectivity index (χ0) is 21.2. The standard InChI is InChI=1S/C24H31N5O2/c1-31-19-9-7-8-18(16-19)23(30)29-15-10-21-20(17-29)22(27-11-5-6-12-27)26-24(25-21)28-13-3-2-4-14-28/h7-9,16H,2-6,10-15,17H2,1H3. The molecule has 0 bridgehead atoms. The van der Waals surface area contributed by atoms with Gasteiger partial charge in [-0.15, -0.1) is 0 Å². The predicted octanol–water partition coefficient (Wildman–Crippen LogP) is 3.27. The normalized spacial score (nSPS) is 18.8. The lowest BCUT2D eigenvalue weighted by Crippen LogP contribution is -2.39. The summed E-state index contributed by atoms with van der Waals surface area (Å²) in [7, 11) is 1.63. The summed E-state index contributed by atoms with van der Waals surface area (Å²) in [5.74, 6) is 2.67. The summed E-state index contributed by atoms with van der Waals surface area (Å²) in [5, 5.41) is 0. The van der Waals surface area contributed by atoms with Gasteiger partial charge in [-0.2, -0.15) is 4.98 Å². The van der Waals surface area contributed by atoms with E-state index in [-0.39, 0.29) is 5.91 Å². The molecule has 2 saturated heterocycles. The predicted molar refractivity (Wildman–Crippen MR) is 121 cm³/mol. The third-order valence-corrected chi connectivity index (χ3v) is 6.68. The molecule has 164 valence electrons. The minimum Gasteiger partial charge on any atom is -0.497 e. The first kappa shape index (κ1) is 20.1. The van der Waals surface area contributed by atoms with Gasteiger partial charge >= 0.3 is 0 Å². The van der Waals surface area contributed by atoms with E-state index in [9.17, 15) is 4.79 Å². The molecule has 1 aromatic carbocycles. The van der Waals surface area contributed by atoms with Crippen molar-refractivity contribution in [1.82, 2.24) is 14.9 Å². The van der Waals surface area contributed by atoms with Crippen LogP contribution in [0.25, 0.3) is 0 Å². The molecular weight excluding hydrogens is 390 g/mol. The highest BCUT2D eigenvalue weighted by Gasteiger charge is 2.30. The highest BCUT2D eigenvalue weighted by Crippen LogP contribution is 2.32. The fourth-order valence-electron chi connectivity index (χ4n) is 4.92. The molecule has 0 aliphatic carbocycles. The molecule has 0 spiro atoms. The molecular formula is C24H31N5O2. The van der Waals surface area contributed by atoms with E-state index in [2.05, 4.69) is 9.80 Å². The van der Waals surface area contributed by atoms with Crippen molar-refractivity contribution in [2.45, 2.75) is 45.1 Å². The lowest BCUT2D eigenvalue weighted by molar-refractivity contribution is 0.0733. The summed E-state index contributed by atoms with van der Waals surface area (Å²) in [6.45, 7) is 5.40. The number of rotatable bonds is 4. The highest BCUT2D eigenvalue weighted by molar-refractivity contribution is 5.94. The van der Waals surface area contributed by atoms with Crippen LogP contribution >= 0.6 is 0 Å². The van der Waals surface area contributed by atoms with E-state index in [0.29, 0.717) is 24.4 Å². The average molecular weight is 422 g/mol. The third kappa shape index (κ3) is 4.05. The van der Waals surface area contributed by atoms with Crippen LogP contribution in [-0.4, -0.2) is 60.6 Å². The van der Waals surface area contributed by atoms with Gasteiger partial charge in [-0.25, -0.2) is 4.98 Å². The summed E-state index contributed by atoms with van der Waals surface area (Å²) in [4.78, 5) is 30.0. The molecule has 31 heavy (non-hydrogen) atoms. The maximum Gasteiger partial charge on any atom is 0.254 e. The molecule has 0 unspecified atom stereocenters. The lowest BCUT2D eigenvalue weighted by Gasteiger charge is -2.34. The molecule has 2 aromatic rings. The molecule has 0 saturated carbocycles. The van der Waals surface area contributed by atoms with Gasteiger partial charge in [-0.05, 0) is 50.3 Å². The second-order valence-electron chi connectivity index (χ2n) is 8.72. The fourth-order valence-corrected chi connectivity index (χ4v) is 4.92. The summed E-state index contributed by atoms with van der Waals surface area (Å²) in [6, 6.07) is 7.41. The zero-order valence-corrected chi connectivity index (χ0v) is 18.3. The maximum absolute atomic E-state index is 13.2. The highest BCUT2D eigenvalue weighted by atomic mass is 16.5. The van der Waals surface area contributed by atoms with Crippen molar-refractivity contribution in [1.29, 1.82) is 0 Å². The smallest absolute Gasteiger partial charge is 0.254 e. The number of ether oxygens (including phenoxy) is 1. The van der Waals surface area contributed by atoms with Gasteiger partial charge < -0.3 is 19.4 Å². The Morgan fingerprint density at radius 2 is 1.68 bits per heavy atom. The summed E-state index contributed by atoms with van der Waals surface area (Å²) in [6.07, 6.45) is 6.89. The first-order valence-electron chi connectivity index (χ1n) is 11.6. The monoisotopic (exact) mass is 421 g/mol. The van der Waals surface area contributed by atoms with Crippen LogP contribution in [0.15, 0.2) is 24.3 Å². The van der Waals surface area contributed by atoms with Crippen LogP contribution in [0.1, 0.15) is 53.7 Å². The molecule has 7 heteroatoms. The lowest BCUT2D eigenvalue weighted by atomic mass is 10.0. The Morgan fingerprint density at radius 1 is 0.935 bits per heavy atom. The second-order valence-corrected chi connectivity index (χ2v) is 8.72. The number of methoxy groups -OCH3 is 1. The minimum absolute atomic E-state index is 0.0389. The second kappa shape index (κ2) is 8.73. The van der Waals surface area contributed by atoms with Crippen molar-refractivity contribution >= 4 is 17.7 Å². The quantitative estimate of drug-likeness (QED) is 0.755. The van der Waals surface area contributed by atoms with E-state index >= 15 is 0 Å². The SMILES string of the molecule is COc1cccc(C(=O)N2CCc3nc(N4CCCCC4)nc(N4CCCC4)c3C2)c1. The van der Waals surface area contributed by atoms with Crippen molar-refractivity contribution < 1.29 is 9.53 Å².